The number of unbranched alkanes of at least 4 members (excludes halogenated alkanes) is 1. The van der Waals surface area contributed by atoms with Crippen molar-refractivity contribution in [2.24, 2.45) is 11.3 Å². The highest BCUT2D eigenvalue weighted by Crippen LogP contribution is 2.40. The van der Waals surface area contributed by atoms with Gasteiger partial charge in [0, 0.05) is 12.1 Å². The minimum atomic E-state index is 0.445. The fourth-order valence-corrected chi connectivity index (χ4v) is 5.07. The Morgan fingerprint density at radius 1 is 0.913 bits per heavy atom. The Balaban J connectivity index is 2.68. The first-order chi connectivity index (χ1) is 10.9. The van der Waals surface area contributed by atoms with E-state index in [0.29, 0.717) is 11.0 Å². The molecule has 2 atom stereocenters. The van der Waals surface area contributed by atoms with Gasteiger partial charge in [-0.15, -0.1) is 0 Å². The maximum atomic E-state index is 2.87. The minimum Gasteiger partial charge on any atom is -0.298 e. The number of rotatable bonds is 11. The molecular weight excluding hydrogens is 278 g/mol. The standard InChI is InChI=1S/C22H45N/c1-7-11-16-22(6,10-4)23-17-12-13-20(19-23)18-21(5,14-8-2)15-9-3/h20H,7-19H2,1-6H3. The topological polar surface area (TPSA) is 3.24 Å². The number of nitrogens with zero attached hydrogens (tertiary/aromatic N) is 1. The molecule has 2 unspecified atom stereocenters. The van der Waals surface area contributed by atoms with Crippen LogP contribution in [-0.4, -0.2) is 23.5 Å². The summed E-state index contributed by atoms with van der Waals surface area (Å²) in [5.74, 6) is 0.930. The van der Waals surface area contributed by atoms with Gasteiger partial charge in [0.15, 0.2) is 0 Å². The molecule has 23 heavy (non-hydrogen) atoms. The van der Waals surface area contributed by atoms with E-state index in [4.69, 9.17) is 0 Å². The molecule has 0 aromatic rings. The van der Waals surface area contributed by atoms with Crippen LogP contribution in [0.15, 0.2) is 0 Å². The highest BCUT2D eigenvalue weighted by atomic mass is 15.2. The molecule has 0 spiro atoms. The second-order valence-electron chi connectivity index (χ2n) is 8.92. The van der Waals surface area contributed by atoms with E-state index in [1.54, 1.807) is 0 Å². The molecule has 138 valence electrons. The predicted octanol–water partition coefficient (Wildman–Crippen LogP) is 7.05. The van der Waals surface area contributed by atoms with Gasteiger partial charge in [-0.05, 0) is 69.7 Å². The van der Waals surface area contributed by atoms with E-state index in [-0.39, 0.29) is 0 Å². The van der Waals surface area contributed by atoms with Crippen LogP contribution in [0.25, 0.3) is 0 Å². The third-order valence-corrected chi connectivity index (χ3v) is 6.60. The van der Waals surface area contributed by atoms with Crippen molar-refractivity contribution in [2.45, 2.75) is 118 Å². The summed E-state index contributed by atoms with van der Waals surface area (Å²) in [6.45, 7) is 17.2. The number of hydrogen-bond donors (Lipinski definition) is 0. The van der Waals surface area contributed by atoms with Crippen molar-refractivity contribution in [3.8, 4) is 0 Å². The summed E-state index contributed by atoms with van der Waals surface area (Å²) >= 11 is 0. The van der Waals surface area contributed by atoms with Crippen LogP contribution >= 0.6 is 0 Å². The lowest BCUT2D eigenvalue weighted by Crippen LogP contribution is -2.51. The van der Waals surface area contributed by atoms with Gasteiger partial charge in [0.2, 0.25) is 0 Å². The maximum absolute atomic E-state index is 2.87. The highest BCUT2D eigenvalue weighted by Gasteiger charge is 2.35. The van der Waals surface area contributed by atoms with Crippen LogP contribution in [0.1, 0.15) is 112 Å². The average Bonchev–Trinajstić information content (AvgIpc) is 2.53. The molecule has 1 fully saturated rings. The van der Waals surface area contributed by atoms with Crippen LogP contribution < -0.4 is 0 Å². The Hall–Kier alpha value is -0.0400. The summed E-state index contributed by atoms with van der Waals surface area (Å²) < 4.78 is 0. The van der Waals surface area contributed by atoms with E-state index in [1.165, 1.54) is 83.7 Å². The molecule has 0 N–H and O–H groups in total. The van der Waals surface area contributed by atoms with Gasteiger partial charge in [0.25, 0.3) is 0 Å². The Morgan fingerprint density at radius 3 is 2.09 bits per heavy atom. The van der Waals surface area contributed by atoms with Crippen LogP contribution in [0, 0.1) is 11.3 Å². The predicted molar refractivity (Wildman–Crippen MR) is 105 cm³/mol. The molecule has 0 bridgehead atoms. The number of likely N-dealkylation sites (tertiary alicyclic amines) is 1. The zero-order chi connectivity index (χ0) is 17.3. The van der Waals surface area contributed by atoms with Gasteiger partial charge in [0.1, 0.15) is 0 Å². The lowest BCUT2D eigenvalue weighted by molar-refractivity contribution is 0.0277. The molecule has 1 nitrogen and oxygen atoms in total. The van der Waals surface area contributed by atoms with Crippen LogP contribution in [0.5, 0.6) is 0 Å². The molecule has 1 aliphatic heterocycles. The van der Waals surface area contributed by atoms with Crippen molar-refractivity contribution in [3.63, 3.8) is 0 Å². The van der Waals surface area contributed by atoms with Crippen LogP contribution in [0.2, 0.25) is 0 Å². The SMILES string of the molecule is CCCCC(C)(CC)N1CCCC(CC(C)(CCC)CCC)C1. The monoisotopic (exact) mass is 323 g/mol. The number of piperidine rings is 1. The minimum absolute atomic E-state index is 0.445. The first-order valence-electron chi connectivity index (χ1n) is 10.7. The molecule has 1 aliphatic rings. The molecule has 0 aromatic heterocycles. The van der Waals surface area contributed by atoms with E-state index in [1.807, 2.05) is 0 Å². The van der Waals surface area contributed by atoms with Gasteiger partial charge in [0.05, 0.1) is 0 Å². The molecule has 0 saturated carbocycles. The fourth-order valence-electron chi connectivity index (χ4n) is 5.07. The van der Waals surface area contributed by atoms with E-state index >= 15 is 0 Å². The Kier molecular flexibility index (Phi) is 9.19. The van der Waals surface area contributed by atoms with Crippen molar-refractivity contribution in [3.05, 3.63) is 0 Å². The van der Waals surface area contributed by atoms with E-state index in [0.717, 1.165) is 5.92 Å². The molecule has 1 rings (SSSR count). The van der Waals surface area contributed by atoms with Crippen molar-refractivity contribution >= 4 is 0 Å². The van der Waals surface area contributed by atoms with Gasteiger partial charge in [-0.2, -0.15) is 0 Å². The lowest BCUT2D eigenvalue weighted by atomic mass is 9.72. The highest BCUT2D eigenvalue weighted by molar-refractivity contribution is 4.90. The van der Waals surface area contributed by atoms with Crippen molar-refractivity contribution < 1.29 is 0 Å². The number of hydrogen-bond acceptors (Lipinski definition) is 1. The van der Waals surface area contributed by atoms with Crippen molar-refractivity contribution in [2.75, 3.05) is 13.1 Å². The summed E-state index contributed by atoms with van der Waals surface area (Å²) in [5.41, 5.74) is 1.03. The lowest BCUT2D eigenvalue weighted by Gasteiger charge is -2.47. The third kappa shape index (κ3) is 6.40. The second kappa shape index (κ2) is 10.1. The molecule has 1 saturated heterocycles. The first-order valence-corrected chi connectivity index (χ1v) is 10.7. The Labute approximate surface area is 147 Å². The third-order valence-electron chi connectivity index (χ3n) is 6.60. The van der Waals surface area contributed by atoms with Crippen LogP contribution in [0.3, 0.4) is 0 Å². The van der Waals surface area contributed by atoms with E-state index < -0.39 is 0 Å². The maximum Gasteiger partial charge on any atom is 0.0178 e. The molecule has 1 heteroatoms. The van der Waals surface area contributed by atoms with Gasteiger partial charge < -0.3 is 0 Å². The van der Waals surface area contributed by atoms with Crippen molar-refractivity contribution in [1.29, 1.82) is 0 Å². The largest absolute Gasteiger partial charge is 0.298 e. The van der Waals surface area contributed by atoms with Crippen molar-refractivity contribution in [1.82, 2.24) is 4.90 Å². The normalized spacial score (nSPS) is 23.0. The smallest absolute Gasteiger partial charge is 0.0178 e. The Morgan fingerprint density at radius 2 is 1.57 bits per heavy atom. The summed E-state index contributed by atoms with van der Waals surface area (Å²) in [7, 11) is 0. The zero-order valence-electron chi connectivity index (χ0n) is 17.2. The molecule has 0 aliphatic carbocycles. The zero-order valence-corrected chi connectivity index (χ0v) is 17.2. The summed E-state index contributed by atoms with van der Waals surface area (Å²) in [6.07, 6.45) is 15.3. The van der Waals surface area contributed by atoms with Crippen LogP contribution in [-0.2, 0) is 0 Å². The van der Waals surface area contributed by atoms with Gasteiger partial charge in [-0.1, -0.05) is 60.3 Å². The fraction of sp³-hybridized carbons (Fsp3) is 1.00. The molecule has 0 radical (unpaired) electrons. The van der Waals surface area contributed by atoms with Crippen LogP contribution in [0.4, 0.5) is 0 Å². The van der Waals surface area contributed by atoms with E-state index in [2.05, 4.69) is 46.4 Å². The Bertz CT molecular complexity index is 305. The molecule has 0 aromatic carbocycles. The van der Waals surface area contributed by atoms with Gasteiger partial charge in [-0.3, -0.25) is 4.90 Å². The van der Waals surface area contributed by atoms with E-state index in [9.17, 15) is 0 Å². The molecule has 1 heterocycles. The van der Waals surface area contributed by atoms with Gasteiger partial charge >= 0.3 is 0 Å². The summed E-state index contributed by atoms with van der Waals surface area (Å²) in [4.78, 5) is 2.87. The van der Waals surface area contributed by atoms with Gasteiger partial charge in [-0.25, -0.2) is 0 Å². The molecular formula is C22H45N. The first kappa shape index (κ1) is 21.0. The average molecular weight is 324 g/mol. The second-order valence-corrected chi connectivity index (χ2v) is 8.92. The summed E-state index contributed by atoms with van der Waals surface area (Å²) in [6, 6.07) is 0. The quantitative estimate of drug-likeness (QED) is 0.393. The molecule has 0 amide bonds. The summed E-state index contributed by atoms with van der Waals surface area (Å²) in [5, 5.41) is 0.